The molecule has 1 atom stereocenters. The lowest BCUT2D eigenvalue weighted by Crippen LogP contribution is -2.27. The minimum Gasteiger partial charge on any atom is -0.340 e. The van der Waals surface area contributed by atoms with Crippen LogP contribution in [0.3, 0.4) is 0 Å². The van der Waals surface area contributed by atoms with Crippen LogP contribution in [0.5, 0.6) is 0 Å². The fraction of sp³-hybridized carbons (Fsp3) is 0.125. The first-order chi connectivity index (χ1) is 11.1. The molecule has 3 rings (SSSR count). The zero-order valence-corrected chi connectivity index (χ0v) is 13.0. The van der Waals surface area contributed by atoms with Crippen molar-refractivity contribution in [3.8, 4) is 11.5 Å². The highest BCUT2D eigenvalue weighted by molar-refractivity contribution is 6.33. The molecular weight excluding hydrogens is 316 g/mol. The van der Waals surface area contributed by atoms with Crippen molar-refractivity contribution in [1.29, 1.82) is 0 Å². The van der Waals surface area contributed by atoms with Gasteiger partial charge in [0.15, 0.2) is 0 Å². The monoisotopic (exact) mass is 328 g/mol. The third-order valence-corrected chi connectivity index (χ3v) is 3.50. The summed E-state index contributed by atoms with van der Waals surface area (Å²) in [5.74, 6) is 0.367. The maximum absolute atomic E-state index is 12.2. The van der Waals surface area contributed by atoms with Crippen LogP contribution < -0.4 is 5.32 Å². The Kier molecular flexibility index (Phi) is 4.34. The summed E-state index contributed by atoms with van der Waals surface area (Å²) in [5, 5.41) is 7.04. The molecule has 0 spiro atoms. The third kappa shape index (κ3) is 3.37. The summed E-state index contributed by atoms with van der Waals surface area (Å²) in [6, 6.07) is 11.8. The maximum atomic E-state index is 12.2. The van der Waals surface area contributed by atoms with E-state index in [2.05, 4.69) is 20.4 Å². The summed E-state index contributed by atoms with van der Waals surface area (Å²) in [5.41, 5.74) is 0.998. The summed E-state index contributed by atoms with van der Waals surface area (Å²) in [4.78, 5) is 20.6. The van der Waals surface area contributed by atoms with Crippen molar-refractivity contribution in [1.82, 2.24) is 20.4 Å². The Bertz CT molecular complexity index is 820. The summed E-state index contributed by atoms with van der Waals surface area (Å²) in [7, 11) is 0. The molecule has 0 saturated heterocycles. The largest absolute Gasteiger partial charge is 0.340 e. The van der Waals surface area contributed by atoms with Gasteiger partial charge in [-0.25, -0.2) is 0 Å². The van der Waals surface area contributed by atoms with E-state index in [-0.39, 0.29) is 5.91 Å². The molecule has 0 aliphatic heterocycles. The first-order valence-corrected chi connectivity index (χ1v) is 7.33. The number of carbonyl (C=O) groups is 1. The number of benzene rings is 1. The van der Waals surface area contributed by atoms with E-state index < -0.39 is 6.04 Å². The lowest BCUT2D eigenvalue weighted by atomic mass is 10.2. The number of nitrogens with zero attached hydrogens (tertiary/aromatic N) is 3. The van der Waals surface area contributed by atoms with Crippen LogP contribution in [-0.2, 0) is 0 Å². The minimum absolute atomic E-state index is 0.297. The Hall–Kier alpha value is -2.73. The minimum atomic E-state index is -0.455. The van der Waals surface area contributed by atoms with Crippen LogP contribution in [0.25, 0.3) is 11.5 Å². The number of hydrogen-bond donors (Lipinski definition) is 1. The normalized spacial score (nSPS) is 11.9. The van der Waals surface area contributed by atoms with Crippen molar-refractivity contribution in [2.45, 2.75) is 13.0 Å². The predicted octanol–water partition coefficient (Wildman–Crippen LogP) is 3.28. The number of carbonyl (C=O) groups excluding carboxylic acids is 1. The van der Waals surface area contributed by atoms with Gasteiger partial charge in [0.05, 0.1) is 10.6 Å². The van der Waals surface area contributed by atoms with E-state index >= 15 is 0 Å². The van der Waals surface area contributed by atoms with Crippen LogP contribution in [0.2, 0.25) is 5.02 Å². The number of rotatable bonds is 4. The zero-order valence-electron chi connectivity index (χ0n) is 12.2. The van der Waals surface area contributed by atoms with E-state index in [4.69, 9.17) is 16.1 Å². The van der Waals surface area contributed by atoms with Crippen LogP contribution in [0, 0.1) is 0 Å². The molecular formula is C16H13ClN4O2. The van der Waals surface area contributed by atoms with Crippen molar-refractivity contribution in [3.05, 3.63) is 65.1 Å². The van der Waals surface area contributed by atoms with Gasteiger partial charge in [-0.15, -0.1) is 0 Å². The SMILES string of the molecule is C[C@@H](NC(=O)c1ccccc1Cl)c1nc(-c2ccccn2)no1. The summed E-state index contributed by atoms with van der Waals surface area (Å²) in [6.07, 6.45) is 1.65. The van der Waals surface area contributed by atoms with Crippen molar-refractivity contribution < 1.29 is 9.32 Å². The summed E-state index contributed by atoms with van der Waals surface area (Å²) < 4.78 is 5.20. The molecule has 0 fully saturated rings. The molecule has 0 bridgehead atoms. The number of amides is 1. The van der Waals surface area contributed by atoms with E-state index in [1.54, 1.807) is 49.5 Å². The number of nitrogens with one attached hydrogen (secondary N) is 1. The van der Waals surface area contributed by atoms with Gasteiger partial charge in [0, 0.05) is 6.20 Å². The Labute approximate surface area is 137 Å². The van der Waals surface area contributed by atoms with E-state index in [0.717, 1.165) is 0 Å². The number of halogens is 1. The molecule has 2 heterocycles. The molecule has 1 N–H and O–H groups in total. The van der Waals surface area contributed by atoms with Gasteiger partial charge in [-0.1, -0.05) is 35.0 Å². The summed E-state index contributed by atoms with van der Waals surface area (Å²) in [6.45, 7) is 1.75. The smallest absolute Gasteiger partial charge is 0.253 e. The molecule has 0 aliphatic rings. The van der Waals surface area contributed by atoms with Gasteiger partial charge < -0.3 is 9.84 Å². The number of hydrogen-bond acceptors (Lipinski definition) is 5. The fourth-order valence-corrected chi connectivity index (χ4v) is 2.21. The van der Waals surface area contributed by atoms with E-state index in [1.165, 1.54) is 0 Å². The lowest BCUT2D eigenvalue weighted by molar-refractivity contribution is 0.0932. The molecule has 7 heteroatoms. The Balaban J connectivity index is 1.74. The quantitative estimate of drug-likeness (QED) is 0.795. The van der Waals surface area contributed by atoms with Gasteiger partial charge in [-0.2, -0.15) is 4.98 Å². The molecule has 1 amide bonds. The molecule has 6 nitrogen and oxygen atoms in total. The first-order valence-electron chi connectivity index (χ1n) is 6.95. The molecule has 2 aromatic heterocycles. The van der Waals surface area contributed by atoms with Crippen LogP contribution in [0.15, 0.2) is 53.2 Å². The third-order valence-electron chi connectivity index (χ3n) is 3.17. The Morgan fingerprint density at radius 1 is 1.22 bits per heavy atom. The number of aromatic nitrogens is 3. The molecule has 0 radical (unpaired) electrons. The van der Waals surface area contributed by atoms with Gasteiger partial charge >= 0.3 is 0 Å². The van der Waals surface area contributed by atoms with Gasteiger partial charge in [0.25, 0.3) is 5.91 Å². The molecule has 23 heavy (non-hydrogen) atoms. The second kappa shape index (κ2) is 6.58. The highest BCUT2D eigenvalue weighted by Gasteiger charge is 2.19. The van der Waals surface area contributed by atoms with Crippen molar-refractivity contribution >= 4 is 17.5 Å². The Morgan fingerprint density at radius 3 is 2.74 bits per heavy atom. The molecule has 1 aromatic carbocycles. The highest BCUT2D eigenvalue weighted by atomic mass is 35.5. The first kappa shape index (κ1) is 15.2. The van der Waals surface area contributed by atoms with Gasteiger partial charge in [0.1, 0.15) is 11.7 Å². The van der Waals surface area contributed by atoms with Gasteiger partial charge in [-0.3, -0.25) is 9.78 Å². The molecule has 116 valence electrons. The van der Waals surface area contributed by atoms with Crippen LogP contribution in [0.1, 0.15) is 29.2 Å². The number of pyridine rings is 1. The molecule has 0 saturated carbocycles. The zero-order chi connectivity index (χ0) is 16.2. The standard InChI is InChI=1S/C16H13ClN4O2/c1-10(19-15(22)11-6-2-3-7-12(11)17)16-20-14(21-23-16)13-8-4-5-9-18-13/h2-10H,1H3,(H,19,22)/t10-/m1/s1. The molecule has 3 aromatic rings. The van der Waals surface area contributed by atoms with E-state index in [9.17, 15) is 4.79 Å². The van der Waals surface area contributed by atoms with E-state index in [0.29, 0.717) is 28.0 Å². The average molecular weight is 329 g/mol. The van der Waals surface area contributed by atoms with Crippen LogP contribution in [0.4, 0.5) is 0 Å². The maximum Gasteiger partial charge on any atom is 0.253 e. The molecule has 0 aliphatic carbocycles. The van der Waals surface area contributed by atoms with Crippen molar-refractivity contribution in [3.63, 3.8) is 0 Å². The summed E-state index contributed by atoms with van der Waals surface area (Å²) >= 11 is 6.01. The second-order valence-electron chi connectivity index (χ2n) is 4.85. The Morgan fingerprint density at radius 2 is 2.00 bits per heavy atom. The van der Waals surface area contributed by atoms with Crippen LogP contribution in [-0.4, -0.2) is 21.0 Å². The highest BCUT2D eigenvalue weighted by Crippen LogP contribution is 2.19. The lowest BCUT2D eigenvalue weighted by Gasteiger charge is -2.10. The topological polar surface area (TPSA) is 80.9 Å². The fourth-order valence-electron chi connectivity index (χ4n) is 1.99. The van der Waals surface area contributed by atoms with Gasteiger partial charge in [-0.05, 0) is 31.2 Å². The molecule has 0 unspecified atom stereocenters. The van der Waals surface area contributed by atoms with Crippen molar-refractivity contribution in [2.24, 2.45) is 0 Å². The van der Waals surface area contributed by atoms with Crippen LogP contribution >= 0.6 is 11.6 Å². The van der Waals surface area contributed by atoms with E-state index in [1.807, 2.05) is 6.07 Å². The van der Waals surface area contributed by atoms with Crippen molar-refractivity contribution in [2.75, 3.05) is 0 Å². The average Bonchev–Trinajstić information content (AvgIpc) is 3.06. The predicted molar refractivity (Wildman–Crippen MR) is 84.9 cm³/mol. The van der Waals surface area contributed by atoms with Gasteiger partial charge in [0.2, 0.25) is 11.7 Å². The second-order valence-corrected chi connectivity index (χ2v) is 5.25.